The Morgan fingerprint density at radius 1 is 1.53 bits per heavy atom. The van der Waals surface area contributed by atoms with E-state index >= 15 is 0 Å². The molecular weight excluding hydrogens is 216 g/mol. The number of hydrogen-bond donors (Lipinski definition) is 2. The highest BCUT2D eigenvalue weighted by molar-refractivity contribution is 5.39. The van der Waals surface area contributed by atoms with Gasteiger partial charge in [-0.25, -0.2) is 4.98 Å². The number of hydrogen-bond acceptors (Lipinski definition) is 5. The molecule has 17 heavy (non-hydrogen) atoms. The first-order valence-electron chi connectivity index (χ1n) is 5.92. The zero-order valence-electron chi connectivity index (χ0n) is 9.85. The van der Waals surface area contributed by atoms with Crippen LogP contribution in [0, 0.1) is 0 Å². The summed E-state index contributed by atoms with van der Waals surface area (Å²) in [5.74, 6) is 1.43. The number of anilines is 2. The molecule has 0 saturated carbocycles. The lowest BCUT2D eigenvalue weighted by Crippen LogP contribution is -2.19. The Bertz CT molecular complexity index is 363. The normalized spacial score (nSPS) is 18.9. The quantitative estimate of drug-likeness (QED) is 0.733. The Balaban J connectivity index is 1.84. The van der Waals surface area contributed by atoms with E-state index in [9.17, 15) is 0 Å². The molecular formula is C12H18N4O. The highest BCUT2D eigenvalue weighted by Gasteiger charge is 2.15. The van der Waals surface area contributed by atoms with E-state index in [4.69, 9.17) is 4.74 Å². The molecule has 1 unspecified atom stereocenters. The van der Waals surface area contributed by atoms with Crippen molar-refractivity contribution in [2.45, 2.75) is 18.9 Å². The largest absolute Gasteiger partial charge is 0.376 e. The highest BCUT2D eigenvalue weighted by Crippen LogP contribution is 2.12. The van der Waals surface area contributed by atoms with E-state index in [2.05, 4.69) is 27.2 Å². The molecule has 1 aromatic heterocycles. The molecule has 1 aromatic rings. The maximum absolute atomic E-state index is 5.52. The van der Waals surface area contributed by atoms with Crippen molar-refractivity contribution in [1.29, 1.82) is 0 Å². The van der Waals surface area contributed by atoms with E-state index in [1.54, 1.807) is 12.3 Å². The zero-order valence-corrected chi connectivity index (χ0v) is 9.85. The number of rotatable bonds is 6. The molecule has 0 aromatic carbocycles. The molecule has 5 nitrogen and oxygen atoms in total. The van der Waals surface area contributed by atoms with Gasteiger partial charge in [0.15, 0.2) is 0 Å². The first-order valence-corrected chi connectivity index (χ1v) is 5.92. The maximum Gasteiger partial charge on any atom is 0.224 e. The fourth-order valence-corrected chi connectivity index (χ4v) is 1.73. The van der Waals surface area contributed by atoms with Crippen LogP contribution in [-0.2, 0) is 4.74 Å². The second-order valence-electron chi connectivity index (χ2n) is 3.95. The van der Waals surface area contributed by atoms with Crippen LogP contribution in [-0.4, -0.2) is 35.8 Å². The van der Waals surface area contributed by atoms with Gasteiger partial charge in [-0.1, -0.05) is 6.08 Å². The third-order valence-electron chi connectivity index (χ3n) is 2.59. The molecule has 0 amide bonds. The summed E-state index contributed by atoms with van der Waals surface area (Å²) in [6.07, 6.45) is 6.08. The summed E-state index contributed by atoms with van der Waals surface area (Å²) in [4.78, 5) is 8.50. The molecule has 1 fully saturated rings. The number of nitrogens with zero attached hydrogens (tertiary/aromatic N) is 2. The molecule has 2 N–H and O–H groups in total. The van der Waals surface area contributed by atoms with Crippen molar-refractivity contribution in [1.82, 2.24) is 9.97 Å². The molecule has 2 heterocycles. The van der Waals surface area contributed by atoms with Gasteiger partial charge in [0.25, 0.3) is 0 Å². The smallest absolute Gasteiger partial charge is 0.224 e. The average molecular weight is 234 g/mol. The molecule has 1 aliphatic heterocycles. The van der Waals surface area contributed by atoms with Crippen LogP contribution in [0.1, 0.15) is 12.8 Å². The van der Waals surface area contributed by atoms with Crippen molar-refractivity contribution in [3.8, 4) is 0 Å². The minimum absolute atomic E-state index is 0.295. The van der Waals surface area contributed by atoms with Gasteiger partial charge in [-0.15, -0.1) is 6.58 Å². The Morgan fingerprint density at radius 2 is 2.47 bits per heavy atom. The molecule has 2 rings (SSSR count). The average Bonchev–Trinajstić information content (AvgIpc) is 2.87. The Morgan fingerprint density at radius 3 is 3.24 bits per heavy atom. The highest BCUT2D eigenvalue weighted by atomic mass is 16.5. The molecule has 1 saturated heterocycles. The first kappa shape index (κ1) is 11.9. The predicted molar refractivity (Wildman–Crippen MR) is 68.2 cm³/mol. The third-order valence-corrected chi connectivity index (χ3v) is 2.59. The van der Waals surface area contributed by atoms with Crippen molar-refractivity contribution in [2.24, 2.45) is 0 Å². The molecule has 1 aliphatic rings. The van der Waals surface area contributed by atoms with Gasteiger partial charge in [-0.3, -0.25) is 0 Å². The van der Waals surface area contributed by atoms with Crippen molar-refractivity contribution in [3.05, 3.63) is 24.9 Å². The lowest BCUT2D eigenvalue weighted by Gasteiger charge is -2.11. The van der Waals surface area contributed by atoms with E-state index in [0.717, 1.165) is 31.8 Å². The summed E-state index contributed by atoms with van der Waals surface area (Å²) in [6.45, 7) is 5.98. The summed E-state index contributed by atoms with van der Waals surface area (Å²) in [5.41, 5.74) is 0. The monoisotopic (exact) mass is 234 g/mol. The van der Waals surface area contributed by atoms with Crippen LogP contribution < -0.4 is 10.6 Å². The predicted octanol–water partition coefficient (Wildman–Crippen LogP) is 1.67. The van der Waals surface area contributed by atoms with E-state index in [-0.39, 0.29) is 0 Å². The fourth-order valence-electron chi connectivity index (χ4n) is 1.73. The molecule has 0 spiro atoms. The van der Waals surface area contributed by atoms with Gasteiger partial charge in [0.2, 0.25) is 5.95 Å². The van der Waals surface area contributed by atoms with E-state index in [1.807, 2.05) is 6.07 Å². The van der Waals surface area contributed by atoms with Crippen molar-refractivity contribution in [2.75, 3.05) is 30.3 Å². The summed E-state index contributed by atoms with van der Waals surface area (Å²) in [6, 6.07) is 1.83. The minimum Gasteiger partial charge on any atom is -0.376 e. The van der Waals surface area contributed by atoms with Crippen molar-refractivity contribution < 1.29 is 4.74 Å². The van der Waals surface area contributed by atoms with Gasteiger partial charge in [0, 0.05) is 25.9 Å². The van der Waals surface area contributed by atoms with E-state index < -0.39 is 0 Å². The zero-order chi connectivity index (χ0) is 11.9. The van der Waals surface area contributed by atoms with E-state index in [1.165, 1.54) is 0 Å². The number of nitrogens with one attached hydrogen (secondary N) is 2. The molecule has 0 bridgehead atoms. The van der Waals surface area contributed by atoms with Crippen LogP contribution in [0.4, 0.5) is 11.8 Å². The third kappa shape index (κ3) is 3.71. The Hall–Kier alpha value is -1.62. The fraction of sp³-hybridized carbons (Fsp3) is 0.500. The Kier molecular flexibility index (Phi) is 4.32. The Labute approximate surface area is 101 Å². The molecule has 5 heteroatoms. The van der Waals surface area contributed by atoms with Crippen molar-refractivity contribution in [3.63, 3.8) is 0 Å². The topological polar surface area (TPSA) is 59.1 Å². The van der Waals surface area contributed by atoms with Crippen LogP contribution >= 0.6 is 0 Å². The van der Waals surface area contributed by atoms with Crippen LogP contribution in [0.3, 0.4) is 0 Å². The summed E-state index contributed by atoms with van der Waals surface area (Å²) >= 11 is 0. The van der Waals surface area contributed by atoms with Gasteiger partial charge < -0.3 is 15.4 Å². The standard InChI is InChI=1S/C12H18N4O/c1-2-6-13-11-5-7-14-12(16-11)15-9-10-4-3-8-17-10/h2,5,7,10H,1,3-4,6,8-9H2,(H2,13,14,15,16). The molecule has 92 valence electrons. The summed E-state index contributed by atoms with van der Waals surface area (Å²) in [7, 11) is 0. The molecule has 1 atom stereocenters. The molecule has 0 radical (unpaired) electrons. The second kappa shape index (κ2) is 6.20. The first-order chi connectivity index (χ1) is 8.38. The van der Waals surface area contributed by atoms with Crippen LogP contribution in [0.25, 0.3) is 0 Å². The van der Waals surface area contributed by atoms with E-state index in [0.29, 0.717) is 18.6 Å². The maximum atomic E-state index is 5.52. The summed E-state index contributed by atoms with van der Waals surface area (Å²) < 4.78 is 5.52. The number of ether oxygens (including phenoxy) is 1. The summed E-state index contributed by atoms with van der Waals surface area (Å²) in [5, 5.41) is 6.31. The minimum atomic E-state index is 0.295. The number of aromatic nitrogens is 2. The van der Waals surface area contributed by atoms with Crippen LogP contribution in [0.5, 0.6) is 0 Å². The second-order valence-corrected chi connectivity index (χ2v) is 3.95. The van der Waals surface area contributed by atoms with Crippen molar-refractivity contribution >= 4 is 11.8 Å². The lowest BCUT2D eigenvalue weighted by atomic mass is 10.2. The van der Waals surface area contributed by atoms with Gasteiger partial charge >= 0.3 is 0 Å². The molecule has 0 aliphatic carbocycles. The van der Waals surface area contributed by atoms with Gasteiger partial charge in [0.05, 0.1) is 6.10 Å². The van der Waals surface area contributed by atoms with Gasteiger partial charge in [-0.05, 0) is 18.9 Å². The van der Waals surface area contributed by atoms with Crippen LogP contribution in [0.15, 0.2) is 24.9 Å². The van der Waals surface area contributed by atoms with Gasteiger partial charge in [0.1, 0.15) is 5.82 Å². The SMILES string of the molecule is C=CCNc1ccnc(NCC2CCCO2)n1. The van der Waals surface area contributed by atoms with Crippen LogP contribution in [0.2, 0.25) is 0 Å². The lowest BCUT2D eigenvalue weighted by molar-refractivity contribution is 0.120. The van der Waals surface area contributed by atoms with Gasteiger partial charge in [-0.2, -0.15) is 4.98 Å².